The summed E-state index contributed by atoms with van der Waals surface area (Å²) < 4.78 is 11.2. The molecule has 0 saturated carbocycles. The second kappa shape index (κ2) is 10.2. The van der Waals surface area contributed by atoms with Crippen molar-refractivity contribution in [2.75, 3.05) is 32.0 Å². The van der Waals surface area contributed by atoms with Crippen LogP contribution in [0, 0.1) is 0 Å². The van der Waals surface area contributed by atoms with Crippen molar-refractivity contribution in [3.63, 3.8) is 0 Å². The summed E-state index contributed by atoms with van der Waals surface area (Å²) in [5.41, 5.74) is 7.27. The number of benzene rings is 1. The molecule has 1 aliphatic rings. The van der Waals surface area contributed by atoms with Gasteiger partial charge in [0.1, 0.15) is 18.2 Å². The Hall–Kier alpha value is -3.44. The molecule has 2 amide bonds. The van der Waals surface area contributed by atoms with Crippen LogP contribution in [0.1, 0.15) is 12.5 Å². The molecular weight excluding hydrogens is 482 g/mol. The first-order chi connectivity index (χ1) is 16.4. The summed E-state index contributed by atoms with van der Waals surface area (Å²) in [4.78, 5) is 49.4. The molecule has 34 heavy (non-hydrogen) atoms. The van der Waals surface area contributed by atoms with Crippen molar-refractivity contribution in [1.29, 1.82) is 0 Å². The maximum atomic E-state index is 13.1. The van der Waals surface area contributed by atoms with Crippen molar-refractivity contribution in [3.8, 4) is 5.06 Å². The molecule has 4 rings (SSSR count). The predicted molar refractivity (Wildman–Crippen MR) is 126 cm³/mol. The van der Waals surface area contributed by atoms with E-state index < -0.39 is 17.9 Å². The van der Waals surface area contributed by atoms with E-state index in [1.54, 1.807) is 37.3 Å². The molecule has 0 bridgehead atoms. The zero-order valence-corrected chi connectivity index (χ0v) is 19.8. The van der Waals surface area contributed by atoms with E-state index >= 15 is 0 Å². The van der Waals surface area contributed by atoms with E-state index in [4.69, 9.17) is 26.8 Å². The monoisotopic (exact) mass is 503 g/mol. The first-order valence-corrected chi connectivity index (χ1v) is 11.7. The molecule has 1 unspecified atom stereocenters. The SMILES string of the molecule is CCOC(=O)C1CN(C(=O)COc2ccc(Cl)s2)CC(=O)N1Cc1ccc2c(N)ncnc2c1. The minimum Gasteiger partial charge on any atom is -0.474 e. The molecule has 1 aliphatic heterocycles. The van der Waals surface area contributed by atoms with E-state index in [2.05, 4.69) is 9.97 Å². The number of carbonyl (C=O) groups is 3. The maximum Gasteiger partial charge on any atom is 0.330 e. The highest BCUT2D eigenvalue weighted by molar-refractivity contribution is 7.17. The summed E-state index contributed by atoms with van der Waals surface area (Å²) in [6.45, 7) is 1.54. The Morgan fingerprint density at radius 2 is 2.09 bits per heavy atom. The van der Waals surface area contributed by atoms with Crippen LogP contribution in [-0.2, 0) is 25.7 Å². The van der Waals surface area contributed by atoms with Crippen molar-refractivity contribution in [2.24, 2.45) is 0 Å². The van der Waals surface area contributed by atoms with Gasteiger partial charge in [-0.15, -0.1) is 0 Å². The smallest absolute Gasteiger partial charge is 0.330 e. The number of anilines is 1. The molecule has 0 radical (unpaired) electrons. The number of thiophene rings is 1. The van der Waals surface area contributed by atoms with Gasteiger partial charge in [0, 0.05) is 11.9 Å². The van der Waals surface area contributed by atoms with Crippen molar-refractivity contribution in [2.45, 2.75) is 19.5 Å². The van der Waals surface area contributed by atoms with E-state index in [1.165, 1.54) is 27.5 Å². The molecule has 10 nitrogen and oxygen atoms in total. The zero-order chi connectivity index (χ0) is 24.2. The van der Waals surface area contributed by atoms with Gasteiger partial charge >= 0.3 is 5.97 Å². The Kier molecular flexibility index (Phi) is 7.13. The lowest BCUT2D eigenvalue weighted by atomic mass is 10.1. The van der Waals surface area contributed by atoms with Crippen LogP contribution in [0.4, 0.5) is 5.82 Å². The Morgan fingerprint density at radius 1 is 1.26 bits per heavy atom. The summed E-state index contributed by atoms with van der Waals surface area (Å²) >= 11 is 7.08. The highest BCUT2D eigenvalue weighted by Crippen LogP contribution is 2.28. The average molecular weight is 504 g/mol. The molecule has 2 aromatic heterocycles. The van der Waals surface area contributed by atoms with Gasteiger partial charge in [-0.2, -0.15) is 0 Å². The van der Waals surface area contributed by atoms with Crippen molar-refractivity contribution < 1.29 is 23.9 Å². The van der Waals surface area contributed by atoms with Crippen LogP contribution in [0.2, 0.25) is 4.34 Å². The summed E-state index contributed by atoms with van der Waals surface area (Å²) in [5, 5.41) is 1.19. The largest absolute Gasteiger partial charge is 0.474 e. The number of carbonyl (C=O) groups excluding carboxylic acids is 3. The van der Waals surface area contributed by atoms with Gasteiger partial charge in [-0.1, -0.05) is 29.0 Å². The Bertz CT molecular complexity index is 1240. The minimum absolute atomic E-state index is 0.000657. The van der Waals surface area contributed by atoms with Crippen LogP contribution >= 0.6 is 22.9 Å². The minimum atomic E-state index is -0.951. The summed E-state index contributed by atoms with van der Waals surface area (Å²) in [6, 6.07) is 7.74. The highest BCUT2D eigenvalue weighted by atomic mass is 35.5. The maximum absolute atomic E-state index is 13.1. The van der Waals surface area contributed by atoms with E-state index in [9.17, 15) is 14.4 Å². The molecule has 1 atom stereocenters. The van der Waals surface area contributed by atoms with Crippen LogP contribution in [0.3, 0.4) is 0 Å². The summed E-state index contributed by atoms with van der Waals surface area (Å²) in [6.07, 6.45) is 1.37. The summed E-state index contributed by atoms with van der Waals surface area (Å²) in [5.74, 6) is -1.01. The molecular formula is C22H22ClN5O5S. The number of ether oxygens (including phenoxy) is 2. The number of amides is 2. The van der Waals surface area contributed by atoms with Crippen LogP contribution < -0.4 is 10.5 Å². The van der Waals surface area contributed by atoms with Gasteiger partial charge in [-0.05, 0) is 36.8 Å². The molecule has 1 fully saturated rings. The molecule has 178 valence electrons. The Labute approximate surface area is 204 Å². The van der Waals surface area contributed by atoms with Crippen molar-refractivity contribution in [3.05, 3.63) is 46.6 Å². The number of hydrogen-bond acceptors (Lipinski definition) is 9. The third-order valence-corrected chi connectivity index (χ3v) is 6.44. The van der Waals surface area contributed by atoms with E-state index in [0.29, 0.717) is 26.1 Å². The normalized spacial score (nSPS) is 16.1. The van der Waals surface area contributed by atoms with Crippen LogP contribution in [0.15, 0.2) is 36.7 Å². The number of nitrogens with two attached hydrogens (primary N) is 1. The Morgan fingerprint density at radius 3 is 2.82 bits per heavy atom. The number of fused-ring (bicyclic) bond motifs is 1. The number of rotatable bonds is 7. The number of esters is 1. The first kappa shape index (κ1) is 23.7. The van der Waals surface area contributed by atoms with Crippen molar-refractivity contribution in [1.82, 2.24) is 19.8 Å². The van der Waals surface area contributed by atoms with E-state index in [-0.39, 0.29) is 38.8 Å². The van der Waals surface area contributed by atoms with Crippen LogP contribution in [0.25, 0.3) is 10.9 Å². The number of piperazine rings is 1. The molecule has 12 heteroatoms. The number of aromatic nitrogens is 2. The van der Waals surface area contributed by atoms with Gasteiger partial charge < -0.3 is 25.0 Å². The fraction of sp³-hybridized carbons (Fsp3) is 0.318. The molecule has 2 N–H and O–H groups in total. The second-order valence-corrected chi connectivity index (χ2v) is 9.20. The van der Waals surface area contributed by atoms with Gasteiger partial charge in [-0.3, -0.25) is 9.59 Å². The third-order valence-electron chi connectivity index (χ3n) is 5.30. The average Bonchev–Trinajstić information content (AvgIpc) is 3.24. The first-order valence-electron chi connectivity index (χ1n) is 10.5. The molecule has 1 saturated heterocycles. The fourth-order valence-corrected chi connectivity index (χ4v) is 4.52. The molecule has 3 heterocycles. The molecule has 0 aliphatic carbocycles. The molecule has 0 spiro atoms. The predicted octanol–water partition coefficient (Wildman–Crippen LogP) is 2.11. The van der Waals surface area contributed by atoms with Crippen LogP contribution in [-0.4, -0.2) is 69.9 Å². The number of nitrogens with zero attached hydrogens (tertiary/aromatic N) is 4. The molecule has 1 aromatic carbocycles. The van der Waals surface area contributed by atoms with Crippen LogP contribution in [0.5, 0.6) is 5.06 Å². The topological polar surface area (TPSA) is 128 Å². The number of nitrogen functional groups attached to an aromatic ring is 1. The number of halogens is 1. The quantitative estimate of drug-likeness (QED) is 0.485. The van der Waals surface area contributed by atoms with Gasteiger partial charge in [0.2, 0.25) is 5.91 Å². The lowest BCUT2D eigenvalue weighted by molar-refractivity contribution is -0.163. The van der Waals surface area contributed by atoms with Gasteiger partial charge in [0.05, 0.1) is 29.5 Å². The van der Waals surface area contributed by atoms with Gasteiger partial charge in [-0.25, -0.2) is 14.8 Å². The lowest BCUT2D eigenvalue weighted by Gasteiger charge is -2.39. The van der Waals surface area contributed by atoms with E-state index in [1.807, 2.05) is 0 Å². The number of hydrogen-bond donors (Lipinski definition) is 1. The second-order valence-electron chi connectivity index (χ2n) is 7.52. The zero-order valence-electron chi connectivity index (χ0n) is 18.3. The summed E-state index contributed by atoms with van der Waals surface area (Å²) in [7, 11) is 0. The standard InChI is InChI=1S/C22H22ClN5O5S/c1-2-32-22(31)16-9-27(19(30)11-33-20-6-5-17(23)34-20)10-18(29)28(16)8-13-3-4-14-15(7-13)25-12-26-21(14)24/h3-7,12,16H,2,8-11H2,1H3,(H2,24,25,26). The fourth-order valence-electron chi connectivity index (χ4n) is 3.65. The lowest BCUT2D eigenvalue weighted by Crippen LogP contribution is -2.61. The molecule has 3 aromatic rings. The van der Waals surface area contributed by atoms with E-state index in [0.717, 1.165) is 5.56 Å². The van der Waals surface area contributed by atoms with Gasteiger partial charge in [0.25, 0.3) is 5.91 Å². The Balaban J connectivity index is 1.50. The van der Waals surface area contributed by atoms with Gasteiger partial charge in [0.15, 0.2) is 11.7 Å². The third kappa shape index (κ3) is 5.20. The van der Waals surface area contributed by atoms with Crippen molar-refractivity contribution >= 4 is 57.4 Å². The highest BCUT2D eigenvalue weighted by Gasteiger charge is 2.39.